The van der Waals surface area contributed by atoms with Crippen LogP contribution in [0.2, 0.25) is 0 Å². The number of hydrogen-bond acceptors (Lipinski definition) is 4. The summed E-state index contributed by atoms with van der Waals surface area (Å²) >= 11 is 0. The summed E-state index contributed by atoms with van der Waals surface area (Å²) in [6.45, 7) is 5.37. The number of rotatable bonds is 3. The van der Waals surface area contributed by atoms with Gasteiger partial charge in [0.15, 0.2) is 0 Å². The second-order valence-electron chi connectivity index (χ2n) is 8.89. The smallest absolute Gasteiger partial charge is 0.337 e. The SMILES string of the molecule is CC[C@@H]1Cc2c(F)cc(C(=O)OC)cc2CN1C1CC2(CCN(C)CC2)C1. The highest BCUT2D eigenvalue weighted by Crippen LogP contribution is 2.52. The number of carbonyl (C=O) groups excluding carboxylic acids is 1. The molecule has 5 heteroatoms. The highest BCUT2D eigenvalue weighted by Gasteiger charge is 2.49. The van der Waals surface area contributed by atoms with Gasteiger partial charge >= 0.3 is 5.97 Å². The number of nitrogens with zero attached hydrogens (tertiary/aromatic N) is 2. The first-order valence-corrected chi connectivity index (χ1v) is 10.3. The molecule has 2 aliphatic heterocycles. The zero-order valence-corrected chi connectivity index (χ0v) is 16.8. The summed E-state index contributed by atoms with van der Waals surface area (Å²) in [5, 5.41) is 0. The van der Waals surface area contributed by atoms with Crippen LogP contribution in [0.1, 0.15) is 60.5 Å². The third kappa shape index (κ3) is 3.40. The maximum Gasteiger partial charge on any atom is 0.337 e. The predicted molar refractivity (Wildman–Crippen MR) is 103 cm³/mol. The van der Waals surface area contributed by atoms with E-state index in [2.05, 4.69) is 23.8 Å². The standard InChI is InChI=1S/C22H31FN2O2/c1-4-17-11-19-16(9-15(10-20(19)23)21(26)27-3)14-25(17)18-12-22(13-18)5-7-24(2)8-6-22/h9-10,17-18H,4-8,11-14H2,1-3H3/t17-/m1/s1. The zero-order valence-electron chi connectivity index (χ0n) is 16.8. The van der Waals surface area contributed by atoms with Gasteiger partial charge in [-0.3, -0.25) is 4.90 Å². The van der Waals surface area contributed by atoms with Gasteiger partial charge in [0, 0.05) is 18.6 Å². The van der Waals surface area contributed by atoms with E-state index in [0.29, 0.717) is 23.1 Å². The third-order valence-electron chi connectivity index (χ3n) is 7.30. The minimum Gasteiger partial charge on any atom is -0.465 e. The maximum absolute atomic E-state index is 14.7. The molecule has 4 nitrogen and oxygen atoms in total. The number of esters is 1. The van der Waals surface area contributed by atoms with E-state index in [1.54, 1.807) is 0 Å². The van der Waals surface area contributed by atoms with Crippen molar-refractivity contribution in [3.8, 4) is 0 Å². The lowest BCUT2D eigenvalue weighted by Crippen LogP contribution is -2.58. The lowest BCUT2D eigenvalue weighted by atomic mass is 9.59. The van der Waals surface area contributed by atoms with E-state index in [0.717, 1.165) is 30.5 Å². The number of benzene rings is 1. The quantitative estimate of drug-likeness (QED) is 0.757. The number of hydrogen-bond donors (Lipinski definition) is 0. The fourth-order valence-electron chi connectivity index (χ4n) is 5.46. The van der Waals surface area contributed by atoms with Crippen LogP contribution in [-0.2, 0) is 17.7 Å². The molecule has 4 rings (SSSR count). The van der Waals surface area contributed by atoms with Gasteiger partial charge in [0.1, 0.15) is 5.82 Å². The molecule has 1 aliphatic carbocycles. The molecule has 0 bridgehead atoms. The van der Waals surface area contributed by atoms with E-state index in [1.807, 2.05) is 6.07 Å². The average Bonchev–Trinajstić information content (AvgIpc) is 2.65. The molecule has 0 unspecified atom stereocenters. The Morgan fingerprint density at radius 1 is 1.30 bits per heavy atom. The molecule has 1 saturated carbocycles. The molecule has 1 atom stereocenters. The molecular formula is C22H31FN2O2. The Bertz CT molecular complexity index is 719. The lowest BCUT2D eigenvalue weighted by molar-refractivity contribution is -0.0610. The van der Waals surface area contributed by atoms with Gasteiger partial charge < -0.3 is 9.64 Å². The van der Waals surface area contributed by atoms with Crippen molar-refractivity contribution in [2.45, 2.75) is 64.1 Å². The zero-order chi connectivity index (χ0) is 19.2. The minimum atomic E-state index is -0.463. The van der Waals surface area contributed by atoms with Crippen LogP contribution in [0.15, 0.2) is 12.1 Å². The van der Waals surface area contributed by atoms with Crippen LogP contribution in [0.4, 0.5) is 4.39 Å². The summed E-state index contributed by atoms with van der Waals surface area (Å²) in [4.78, 5) is 16.9. The van der Waals surface area contributed by atoms with Gasteiger partial charge in [-0.05, 0) is 87.3 Å². The summed E-state index contributed by atoms with van der Waals surface area (Å²) in [6, 6.07) is 4.16. The lowest BCUT2D eigenvalue weighted by Gasteiger charge is -2.57. The molecule has 0 radical (unpaired) electrons. The highest BCUT2D eigenvalue weighted by molar-refractivity contribution is 5.89. The summed E-state index contributed by atoms with van der Waals surface area (Å²) in [6.07, 6.45) is 6.93. The fourth-order valence-corrected chi connectivity index (χ4v) is 5.46. The van der Waals surface area contributed by atoms with Crippen molar-refractivity contribution in [3.05, 3.63) is 34.6 Å². The van der Waals surface area contributed by atoms with Gasteiger partial charge in [-0.25, -0.2) is 9.18 Å². The Morgan fingerprint density at radius 2 is 2.00 bits per heavy atom. The summed E-state index contributed by atoms with van der Waals surface area (Å²) in [5.41, 5.74) is 2.61. The largest absolute Gasteiger partial charge is 0.465 e. The number of ether oxygens (including phenoxy) is 1. The molecule has 3 aliphatic rings. The second kappa shape index (κ2) is 7.17. The van der Waals surface area contributed by atoms with Crippen LogP contribution in [0.5, 0.6) is 0 Å². The van der Waals surface area contributed by atoms with Crippen LogP contribution in [-0.4, -0.2) is 55.1 Å². The number of halogens is 1. The monoisotopic (exact) mass is 374 g/mol. The topological polar surface area (TPSA) is 32.8 Å². The van der Waals surface area contributed by atoms with Crippen LogP contribution < -0.4 is 0 Å². The van der Waals surface area contributed by atoms with Crippen LogP contribution in [0.3, 0.4) is 0 Å². The molecule has 0 N–H and O–H groups in total. The van der Waals surface area contributed by atoms with E-state index >= 15 is 0 Å². The first-order valence-electron chi connectivity index (χ1n) is 10.3. The van der Waals surface area contributed by atoms with Gasteiger partial charge in [0.25, 0.3) is 0 Å². The molecule has 1 aromatic rings. The van der Waals surface area contributed by atoms with Crippen LogP contribution >= 0.6 is 0 Å². The van der Waals surface area contributed by atoms with Gasteiger partial charge in [-0.2, -0.15) is 0 Å². The Morgan fingerprint density at radius 3 is 2.63 bits per heavy atom. The van der Waals surface area contributed by atoms with E-state index < -0.39 is 5.97 Å². The van der Waals surface area contributed by atoms with Gasteiger partial charge in [-0.15, -0.1) is 0 Å². The van der Waals surface area contributed by atoms with E-state index in [4.69, 9.17) is 4.74 Å². The van der Waals surface area contributed by atoms with Crippen molar-refractivity contribution in [1.29, 1.82) is 0 Å². The molecular weight excluding hydrogens is 343 g/mol. The maximum atomic E-state index is 14.7. The highest BCUT2D eigenvalue weighted by atomic mass is 19.1. The second-order valence-corrected chi connectivity index (χ2v) is 8.89. The van der Waals surface area contributed by atoms with Gasteiger partial charge in [-0.1, -0.05) is 6.92 Å². The minimum absolute atomic E-state index is 0.258. The fraction of sp³-hybridized carbons (Fsp3) is 0.682. The number of carbonyl (C=O) groups is 1. The van der Waals surface area contributed by atoms with Gasteiger partial charge in [0.2, 0.25) is 0 Å². The van der Waals surface area contributed by atoms with Crippen molar-refractivity contribution in [1.82, 2.24) is 9.80 Å². The van der Waals surface area contributed by atoms with Crippen molar-refractivity contribution in [3.63, 3.8) is 0 Å². The molecule has 1 saturated heterocycles. The molecule has 1 spiro atoms. The number of likely N-dealkylation sites (tertiary alicyclic amines) is 1. The summed E-state index contributed by atoms with van der Waals surface area (Å²) in [7, 11) is 3.56. The van der Waals surface area contributed by atoms with Crippen molar-refractivity contribution in [2.24, 2.45) is 5.41 Å². The molecule has 0 amide bonds. The summed E-state index contributed by atoms with van der Waals surface area (Å²) in [5.74, 6) is -0.721. The average molecular weight is 375 g/mol. The van der Waals surface area contributed by atoms with E-state index in [-0.39, 0.29) is 5.82 Å². The number of methoxy groups -OCH3 is 1. The van der Waals surface area contributed by atoms with Crippen molar-refractivity contribution >= 4 is 5.97 Å². The summed E-state index contributed by atoms with van der Waals surface area (Å²) < 4.78 is 19.4. The Kier molecular flexibility index (Phi) is 5.02. The van der Waals surface area contributed by atoms with Crippen molar-refractivity contribution < 1.29 is 13.9 Å². The Balaban J connectivity index is 1.52. The number of fused-ring (bicyclic) bond motifs is 1. The molecule has 148 valence electrons. The molecule has 2 heterocycles. The third-order valence-corrected chi connectivity index (χ3v) is 7.30. The molecule has 2 fully saturated rings. The Labute approximate surface area is 161 Å². The van der Waals surface area contributed by atoms with E-state index in [1.165, 1.54) is 51.9 Å². The van der Waals surface area contributed by atoms with Crippen molar-refractivity contribution in [2.75, 3.05) is 27.2 Å². The first-order chi connectivity index (χ1) is 12.9. The van der Waals surface area contributed by atoms with Crippen LogP contribution in [0.25, 0.3) is 0 Å². The number of piperidine rings is 1. The molecule has 0 aromatic heterocycles. The Hall–Kier alpha value is -1.46. The predicted octanol–water partition coefficient (Wildman–Crippen LogP) is 3.62. The van der Waals surface area contributed by atoms with E-state index in [9.17, 15) is 9.18 Å². The molecule has 27 heavy (non-hydrogen) atoms. The van der Waals surface area contributed by atoms with Crippen LogP contribution in [0, 0.1) is 11.2 Å². The normalized spacial score (nSPS) is 25.9. The van der Waals surface area contributed by atoms with Gasteiger partial charge in [0.05, 0.1) is 12.7 Å². The molecule has 1 aromatic carbocycles. The first kappa shape index (κ1) is 18.9.